The highest BCUT2D eigenvalue weighted by molar-refractivity contribution is 5.78. The van der Waals surface area contributed by atoms with Crippen molar-refractivity contribution in [3.8, 4) is 11.1 Å². The van der Waals surface area contributed by atoms with E-state index in [1.54, 1.807) is 0 Å². The van der Waals surface area contributed by atoms with Crippen molar-refractivity contribution >= 4 is 0 Å². The zero-order valence-electron chi connectivity index (χ0n) is 11.5. The van der Waals surface area contributed by atoms with Crippen LogP contribution in [0.2, 0.25) is 0 Å². The molecule has 102 valence electrons. The van der Waals surface area contributed by atoms with Gasteiger partial charge < -0.3 is 10.1 Å². The third kappa shape index (κ3) is 1.96. The van der Waals surface area contributed by atoms with E-state index in [1.807, 2.05) is 0 Å². The zero-order chi connectivity index (χ0) is 13.4. The normalized spacial score (nSPS) is 20.9. The monoisotopic (exact) mass is 265 g/mol. The van der Waals surface area contributed by atoms with Crippen LogP contribution in [0.15, 0.2) is 48.5 Å². The van der Waals surface area contributed by atoms with Crippen molar-refractivity contribution in [1.82, 2.24) is 5.32 Å². The predicted molar refractivity (Wildman–Crippen MR) is 80.6 cm³/mol. The van der Waals surface area contributed by atoms with E-state index in [0.29, 0.717) is 12.0 Å². The number of hydrogen-bond donors (Lipinski definition) is 1. The second-order valence-corrected chi connectivity index (χ2v) is 5.75. The van der Waals surface area contributed by atoms with Gasteiger partial charge in [0.2, 0.25) is 0 Å². The second kappa shape index (κ2) is 5.04. The molecule has 1 aliphatic heterocycles. The molecule has 0 aromatic heterocycles. The summed E-state index contributed by atoms with van der Waals surface area (Å²) in [5, 5.41) is 3.76. The summed E-state index contributed by atoms with van der Waals surface area (Å²) in [5.74, 6) is 0.662. The highest BCUT2D eigenvalue weighted by atomic mass is 16.5. The molecular formula is C18H19NO. The summed E-state index contributed by atoms with van der Waals surface area (Å²) in [4.78, 5) is 0. The number of fused-ring (bicyclic) bond motifs is 3. The van der Waals surface area contributed by atoms with Crippen molar-refractivity contribution in [2.24, 2.45) is 5.92 Å². The van der Waals surface area contributed by atoms with Gasteiger partial charge in [-0.15, -0.1) is 0 Å². The molecule has 2 aromatic rings. The van der Waals surface area contributed by atoms with E-state index in [1.165, 1.54) is 28.7 Å². The van der Waals surface area contributed by atoms with Crippen LogP contribution in [0.5, 0.6) is 0 Å². The Bertz CT molecular complexity index is 571. The van der Waals surface area contributed by atoms with Gasteiger partial charge in [0.15, 0.2) is 0 Å². The van der Waals surface area contributed by atoms with Gasteiger partial charge in [-0.1, -0.05) is 48.5 Å². The lowest BCUT2D eigenvalue weighted by atomic mass is 10.0. The van der Waals surface area contributed by atoms with Gasteiger partial charge in [0.25, 0.3) is 0 Å². The Kier molecular flexibility index (Phi) is 3.06. The smallest absolute Gasteiger partial charge is 0.0589 e. The average Bonchev–Trinajstić information content (AvgIpc) is 3.11. The lowest BCUT2D eigenvalue weighted by molar-refractivity contribution is 0.185. The number of nitrogens with one attached hydrogen (secondary N) is 1. The molecule has 1 N–H and O–H groups in total. The van der Waals surface area contributed by atoms with Crippen LogP contribution in [-0.4, -0.2) is 19.8 Å². The molecule has 0 radical (unpaired) electrons. The molecular weight excluding hydrogens is 246 g/mol. The van der Waals surface area contributed by atoms with Gasteiger partial charge >= 0.3 is 0 Å². The van der Waals surface area contributed by atoms with E-state index in [4.69, 9.17) is 4.74 Å². The van der Waals surface area contributed by atoms with E-state index in [2.05, 4.69) is 53.8 Å². The Hall–Kier alpha value is -1.64. The fraction of sp³-hybridized carbons (Fsp3) is 0.333. The first-order valence-electron chi connectivity index (χ1n) is 7.43. The summed E-state index contributed by atoms with van der Waals surface area (Å²) >= 11 is 0. The first-order valence-corrected chi connectivity index (χ1v) is 7.43. The van der Waals surface area contributed by atoms with Crippen LogP contribution < -0.4 is 5.32 Å². The van der Waals surface area contributed by atoms with Gasteiger partial charge in [0, 0.05) is 13.2 Å². The fourth-order valence-electron chi connectivity index (χ4n) is 3.40. The molecule has 20 heavy (non-hydrogen) atoms. The van der Waals surface area contributed by atoms with Crippen LogP contribution in [0.25, 0.3) is 11.1 Å². The van der Waals surface area contributed by atoms with Crippen LogP contribution in [-0.2, 0) is 4.74 Å². The Labute approximate surface area is 119 Å². The molecule has 0 saturated carbocycles. The number of rotatable bonds is 3. The van der Waals surface area contributed by atoms with E-state index < -0.39 is 0 Å². The van der Waals surface area contributed by atoms with Gasteiger partial charge in [0.05, 0.1) is 12.6 Å². The van der Waals surface area contributed by atoms with Crippen molar-refractivity contribution in [3.05, 3.63) is 59.7 Å². The minimum Gasteiger partial charge on any atom is -0.381 e. The van der Waals surface area contributed by atoms with Crippen LogP contribution in [0.1, 0.15) is 23.6 Å². The highest BCUT2D eigenvalue weighted by Crippen LogP contribution is 2.43. The molecule has 0 amide bonds. The quantitative estimate of drug-likeness (QED) is 0.918. The van der Waals surface area contributed by atoms with Crippen LogP contribution in [0.3, 0.4) is 0 Å². The Morgan fingerprint density at radius 3 is 2.20 bits per heavy atom. The summed E-state index contributed by atoms with van der Waals surface area (Å²) < 4.78 is 5.47. The van der Waals surface area contributed by atoms with Crippen molar-refractivity contribution in [2.45, 2.75) is 12.5 Å². The third-order valence-electron chi connectivity index (χ3n) is 4.47. The molecule has 1 aliphatic carbocycles. The van der Waals surface area contributed by atoms with E-state index in [-0.39, 0.29) is 0 Å². The Morgan fingerprint density at radius 1 is 0.950 bits per heavy atom. The molecule has 2 aromatic carbocycles. The first-order chi connectivity index (χ1) is 9.93. The SMILES string of the molecule is c1ccc2c(c1)-c1ccccc1C2NCC1CCOC1. The number of hydrogen-bond acceptors (Lipinski definition) is 2. The molecule has 2 heteroatoms. The number of ether oxygens (including phenoxy) is 1. The van der Waals surface area contributed by atoms with Gasteiger partial charge in [0.1, 0.15) is 0 Å². The summed E-state index contributed by atoms with van der Waals surface area (Å²) in [6.45, 7) is 2.86. The molecule has 1 atom stereocenters. The largest absolute Gasteiger partial charge is 0.381 e. The van der Waals surface area contributed by atoms with Crippen molar-refractivity contribution in [1.29, 1.82) is 0 Å². The molecule has 0 bridgehead atoms. The molecule has 4 rings (SSSR count). The molecule has 1 saturated heterocycles. The molecule has 1 fully saturated rings. The Balaban J connectivity index is 1.64. The standard InChI is InChI=1S/C18H19NO/c1-3-7-16-14(5-1)15-6-2-4-8-17(15)18(16)19-11-13-9-10-20-12-13/h1-8,13,18-19H,9-12H2. The molecule has 2 aliphatic rings. The van der Waals surface area contributed by atoms with Gasteiger partial charge in [-0.3, -0.25) is 0 Å². The third-order valence-corrected chi connectivity index (χ3v) is 4.47. The second-order valence-electron chi connectivity index (χ2n) is 5.75. The van der Waals surface area contributed by atoms with Crippen molar-refractivity contribution in [3.63, 3.8) is 0 Å². The predicted octanol–water partition coefficient (Wildman–Crippen LogP) is 3.38. The maximum Gasteiger partial charge on any atom is 0.0589 e. The minimum absolute atomic E-state index is 0.336. The maximum atomic E-state index is 5.47. The maximum absolute atomic E-state index is 5.47. The molecule has 1 heterocycles. The van der Waals surface area contributed by atoms with Gasteiger partial charge in [-0.2, -0.15) is 0 Å². The number of benzene rings is 2. The van der Waals surface area contributed by atoms with Gasteiger partial charge in [-0.05, 0) is 34.6 Å². The summed E-state index contributed by atoms with van der Waals surface area (Å²) in [5.41, 5.74) is 5.58. The highest BCUT2D eigenvalue weighted by Gasteiger charge is 2.28. The molecule has 0 spiro atoms. The van der Waals surface area contributed by atoms with E-state index >= 15 is 0 Å². The zero-order valence-corrected chi connectivity index (χ0v) is 11.5. The van der Waals surface area contributed by atoms with E-state index in [9.17, 15) is 0 Å². The lowest BCUT2D eigenvalue weighted by Crippen LogP contribution is -2.27. The van der Waals surface area contributed by atoms with Crippen LogP contribution in [0.4, 0.5) is 0 Å². The fourth-order valence-corrected chi connectivity index (χ4v) is 3.40. The lowest BCUT2D eigenvalue weighted by Gasteiger charge is -2.18. The van der Waals surface area contributed by atoms with Crippen molar-refractivity contribution in [2.75, 3.05) is 19.8 Å². The first kappa shape index (κ1) is 12.1. The topological polar surface area (TPSA) is 21.3 Å². The van der Waals surface area contributed by atoms with Crippen molar-refractivity contribution < 1.29 is 4.74 Å². The molecule has 2 nitrogen and oxygen atoms in total. The van der Waals surface area contributed by atoms with Crippen LogP contribution >= 0.6 is 0 Å². The van der Waals surface area contributed by atoms with Crippen LogP contribution in [0, 0.1) is 5.92 Å². The van der Waals surface area contributed by atoms with E-state index in [0.717, 1.165) is 19.8 Å². The Morgan fingerprint density at radius 2 is 1.60 bits per heavy atom. The summed E-state index contributed by atoms with van der Waals surface area (Å²) in [6.07, 6.45) is 1.18. The average molecular weight is 265 g/mol. The minimum atomic E-state index is 0.336. The summed E-state index contributed by atoms with van der Waals surface area (Å²) in [6, 6.07) is 17.8. The summed E-state index contributed by atoms with van der Waals surface area (Å²) in [7, 11) is 0. The molecule has 1 unspecified atom stereocenters. The van der Waals surface area contributed by atoms with Gasteiger partial charge in [-0.25, -0.2) is 0 Å².